The van der Waals surface area contributed by atoms with Crippen molar-refractivity contribution in [1.29, 1.82) is 0 Å². The molecule has 1 unspecified atom stereocenters. The molecule has 0 fully saturated rings. The van der Waals surface area contributed by atoms with Crippen molar-refractivity contribution < 1.29 is 42.2 Å². The van der Waals surface area contributed by atoms with Crippen molar-refractivity contribution in [3.8, 4) is 0 Å². The molecule has 0 saturated carbocycles. The van der Waals surface area contributed by atoms with Crippen LogP contribution in [0.25, 0.3) is 0 Å². The van der Waals surface area contributed by atoms with Crippen LogP contribution >= 0.6 is 0 Å². The predicted octanol–water partition coefficient (Wildman–Crippen LogP) is 1.68. The highest BCUT2D eigenvalue weighted by molar-refractivity contribution is 6.27. The summed E-state index contributed by atoms with van der Waals surface area (Å²) in [5, 5.41) is 19.9. The van der Waals surface area contributed by atoms with Gasteiger partial charge in [0.15, 0.2) is 17.5 Å². The number of amides is 1. The second-order valence-electron chi connectivity index (χ2n) is 6.01. The van der Waals surface area contributed by atoms with Crippen LogP contribution in [0.3, 0.4) is 0 Å². The Balaban J connectivity index is 0.000000656. The van der Waals surface area contributed by atoms with Gasteiger partial charge in [-0.25, -0.2) is 22.8 Å². The van der Waals surface area contributed by atoms with Crippen molar-refractivity contribution in [2.75, 3.05) is 32.5 Å². The van der Waals surface area contributed by atoms with Gasteiger partial charge in [-0.05, 0) is 38.4 Å². The van der Waals surface area contributed by atoms with Gasteiger partial charge in [0.1, 0.15) is 5.76 Å². The number of nitrogens with zero attached hydrogens (tertiary/aromatic N) is 1. The summed E-state index contributed by atoms with van der Waals surface area (Å²) < 4.78 is 44.8. The van der Waals surface area contributed by atoms with E-state index >= 15 is 0 Å². The van der Waals surface area contributed by atoms with Gasteiger partial charge in [-0.15, -0.1) is 0 Å². The first-order valence-electron chi connectivity index (χ1n) is 8.34. The lowest BCUT2D eigenvalue weighted by Gasteiger charge is -2.22. The van der Waals surface area contributed by atoms with Gasteiger partial charge in [-0.3, -0.25) is 9.69 Å². The van der Waals surface area contributed by atoms with Crippen LogP contribution in [0, 0.1) is 17.5 Å². The van der Waals surface area contributed by atoms with Crippen molar-refractivity contribution in [1.82, 2.24) is 10.2 Å². The van der Waals surface area contributed by atoms with Gasteiger partial charge in [-0.1, -0.05) is 0 Å². The lowest BCUT2D eigenvalue weighted by atomic mass is 10.2. The van der Waals surface area contributed by atoms with Gasteiger partial charge >= 0.3 is 11.9 Å². The lowest BCUT2D eigenvalue weighted by molar-refractivity contribution is -0.159. The van der Waals surface area contributed by atoms with E-state index in [-0.39, 0.29) is 12.6 Å². The number of nitrogens with one attached hydrogen (secondary N) is 2. The Morgan fingerprint density at radius 1 is 1.07 bits per heavy atom. The average Bonchev–Trinajstić information content (AvgIpc) is 3.20. The normalized spacial score (nSPS) is 11.4. The Labute approximate surface area is 169 Å². The summed E-state index contributed by atoms with van der Waals surface area (Å²) in [7, 11) is 3.73. The van der Waals surface area contributed by atoms with E-state index in [0.717, 1.165) is 17.9 Å². The van der Waals surface area contributed by atoms with E-state index in [9.17, 15) is 18.0 Å². The smallest absolute Gasteiger partial charge is 0.414 e. The van der Waals surface area contributed by atoms with Crippen molar-refractivity contribution in [3.05, 3.63) is 53.7 Å². The molecule has 1 heterocycles. The maximum absolute atomic E-state index is 13.5. The summed E-state index contributed by atoms with van der Waals surface area (Å²) in [6, 6.07) is 5.22. The van der Waals surface area contributed by atoms with Crippen molar-refractivity contribution in [3.63, 3.8) is 0 Å². The molecule has 4 N–H and O–H groups in total. The van der Waals surface area contributed by atoms with E-state index in [1.165, 1.54) is 0 Å². The Morgan fingerprint density at radius 2 is 1.70 bits per heavy atom. The Hall–Kier alpha value is -3.38. The van der Waals surface area contributed by atoms with Crippen LogP contribution in [-0.2, 0) is 14.4 Å². The van der Waals surface area contributed by atoms with Crippen LogP contribution in [0.1, 0.15) is 11.8 Å². The molecule has 0 spiro atoms. The maximum atomic E-state index is 13.5. The molecule has 0 saturated heterocycles. The van der Waals surface area contributed by atoms with Crippen molar-refractivity contribution in [2.24, 2.45) is 0 Å². The number of carbonyl (C=O) groups is 3. The molecular formula is C18H20F3N3O6. The van der Waals surface area contributed by atoms with E-state index < -0.39 is 41.0 Å². The van der Waals surface area contributed by atoms with Crippen LogP contribution in [0.5, 0.6) is 0 Å². The fourth-order valence-electron chi connectivity index (χ4n) is 2.16. The number of aliphatic carboxylic acids is 2. The molecule has 30 heavy (non-hydrogen) atoms. The molecule has 0 radical (unpaired) electrons. The van der Waals surface area contributed by atoms with Crippen LogP contribution in [0.2, 0.25) is 0 Å². The summed E-state index contributed by atoms with van der Waals surface area (Å²) in [6.45, 7) is 0.289. The van der Waals surface area contributed by atoms with E-state index in [1.54, 1.807) is 12.3 Å². The fraction of sp³-hybridized carbons (Fsp3) is 0.278. The number of hydrogen-bond acceptors (Lipinski definition) is 6. The summed E-state index contributed by atoms with van der Waals surface area (Å²) in [5.41, 5.74) is -0.407. The summed E-state index contributed by atoms with van der Waals surface area (Å²) in [6.07, 6.45) is 1.56. The standard InChI is InChI=1S/C16H18F3N3O2.C2H2O4/c1-22(2)12(13-4-3-7-24-13)8-20-9-14(23)21-11-6-5-10(17)15(18)16(11)19;3-1(4)2(5)6/h3-7,12,20H,8-9H2,1-2H3,(H,21,23);(H,3,4)(H,5,6). The minimum Gasteiger partial charge on any atom is -0.473 e. The van der Waals surface area contributed by atoms with E-state index in [2.05, 4.69) is 10.6 Å². The molecule has 164 valence electrons. The van der Waals surface area contributed by atoms with Crippen LogP contribution in [-0.4, -0.2) is 60.1 Å². The third-order valence-corrected chi connectivity index (χ3v) is 3.61. The number of anilines is 1. The molecule has 1 amide bonds. The molecule has 1 aromatic heterocycles. The summed E-state index contributed by atoms with van der Waals surface area (Å²) in [4.78, 5) is 31.9. The van der Waals surface area contributed by atoms with E-state index in [4.69, 9.17) is 24.2 Å². The SMILES string of the molecule is CN(C)C(CNCC(=O)Nc1ccc(F)c(F)c1F)c1ccco1.O=C(O)C(=O)O. The second kappa shape index (κ2) is 11.6. The molecule has 1 aromatic carbocycles. The molecular weight excluding hydrogens is 411 g/mol. The van der Waals surface area contributed by atoms with Gasteiger partial charge in [0, 0.05) is 6.54 Å². The minimum atomic E-state index is -1.82. The maximum Gasteiger partial charge on any atom is 0.414 e. The Morgan fingerprint density at radius 3 is 2.20 bits per heavy atom. The molecule has 0 bridgehead atoms. The average molecular weight is 431 g/mol. The first kappa shape index (κ1) is 24.7. The fourth-order valence-corrected chi connectivity index (χ4v) is 2.16. The van der Waals surface area contributed by atoms with Gasteiger partial charge in [0.2, 0.25) is 5.91 Å². The molecule has 0 aliphatic rings. The van der Waals surface area contributed by atoms with E-state index in [0.29, 0.717) is 6.54 Å². The highest BCUT2D eigenvalue weighted by Gasteiger charge is 2.18. The molecule has 12 heteroatoms. The largest absolute Gasteiger partial charge is 0.473 e. The molecule has 2 aromatic rings. The molecule has 0 aliphatic carbocycles. The number of rotatable bonds is 7. The van der Waals surface area contributed by atoms with Crippen molar-refractivity contribution >= 4 is 23.5 Å². The van der Waals surface area contributed by atoms with Crippen LogP contribution < -0.4 is 10.6 Å². The number of likely N-dealkylation sites (N-methyl/N-ethyl adjacent to an activating group) is 1. The number of hydrogen-bond donors (Lipinski definition) is 4. The number of benzene rings is 1. The number of carboxylic acid groups (broad SMARTS) is 2. The van der Waals surface area contributed by atoms with E-state index in [1.807, 2.05) is 25.1 Å². The zero-order chi connectivity index (χ0) is 22.8. The van der Waals surface area contributed by atoms with Crippen LogP contribution in [0.15, 0.2) is 34.9 Å². The zero-order valence-electron chi connectivity index (χ0n) is 16.0. The minimum absolute atomic E-state index is 0.0900. The predicted molar refractivity (Wildman–Crippen MR) is 98.2 cm³/mol. The van der Waals surface area contributed by atoms with Gasteiger partial charge in [0.25, 0.3) is 0 Å². The molecule has 1 atom stereocenters. The third kappa shape index (κ3) is 7.56. The Bertz CT molecular complexity index is 862. The van der Waals surface area contributed by atoms with Gasteiger partial charge in [0.05, 0.1) is 24.5 Å². The Kier molecular flexibility index (Phi) is 9.52. The number of halogens is 3. The summed E-state index contributed by atoms with van der Waals surface area (Å²) >= 11 is 0. The molecule has 2 rings (SSSR count). The lowest BCUT2D eigenvalue weighted by Crippen LogP contribution is -2.35. The quantitative estimate of drug-likeness (QED) is 0.385. The number of carboxylic acids is 2. The first-order valence-corrected chi connectivity index (χ1v) is 8.34. The first-order chi connectivity index (χ1) is 14.0. The highest BCUT2D eigenvalue weighted by Crippen LogP contribution is 2.20. The second-order valence-corrected chi connectivity index (χ2v) is 6.01. The van der Waals surface area contributed by atoms with Crippen LogP contribution in [0.4, 0.5) is 18.9 Å². The highest BCUT2D eigenvalue weighted by atomic mass is 19.2. The van der Waals surface area contributed by atoms with Gasteiger partial charge in [-0.2, -0.15) is 0 Å². The number of carbonyl (C=O) groups excluding carboxylic acids is 1. The number of furan rings is 1. The zero-order valence-corrected chi connectivity index (χ0v) is 16.0. The van der Waals surface area contributed by atoms with Gasteiger partial charge < -0.3 is 25.3 Å². The third-order valence-electron chi connectivity index (χ3n) is 3.61. The summed E-state index contributed by atoms with van der Waals surface area (Å²) in [5.74, 6) is -7.84. The molecule has 9 nitrogen and oxygen atoms in total. The van der Waals surface area contributed by atoms with Crippen molar-refractivity contribution in [2.45, 2.75) is 6.04 Å². The molecule has 0 aliphatic heterocycles. The monoisotopic (exact) mass is 431 g/mol. The topological polar surface area (TPSA) is 132 Å².